The molecule has 6 heteroatoms. The molecule has 2 aromatic carbocycles. The van der Waals surface area contributed by atoms with Crippen molar-refractivity contribution in [2.45, 2.75) is 4.90 Å². The molecule has 23 heavy (non-hydrogen) atoms. The first-order valence-corrected chi connectivity index (χ1v) is 8.88. The summed E-state index contributed by atoms with van der Waals surface area (Å²) in [5.41, 5.74) is 0.762. The lowest BCUT2D eigenvalue weighted by atomic mass is 10.2. The Labute approximate surface area is 134 Å². The van der Waals surface area contributed by atoms with E-state index in [0.717, 1.165) is 16.7 Å². The third kappa shape index (κ3) is 3.27. The Hall–Kier alpha value is -2.60. The zero-order chi connectivity index (χ0) is 16.4. The Morgan fingerprint density at radius 3 is 2.65 bits per heavy atom. The summed E-state index contributed by atoms with van der Waals surface area (Å²) in [5, 5.41) is 0.849. The molecule has 0 fully saturated rings. The summed E-state index contributed by atoms with van der Waals surface area (Å²) in [4.78, 5) is 4.75. The summed E-state index contributed by atoms with van der Waals surface area (Å²) in [6, 6.07) is 14.1. The lowest BCUT2D eigenvalue weighted by Gasteiger charge is -2.10. The number of ether oxygens (including phenoxy) is 2. The van der Waals surface area contributed by atoms with Crippen LogP contribution >= 0.6 is 0 Å². The maximum atomic E-state index is 11.9. The molecular formula is C17H16N2O3S. The van der Waals surface area contributed by atoms with Gasteiger partial charge in [-0.2, -0.15) is 0 Å². The fourth-order valence-electron chi connectivity index (χ4n) is 2.22. The van der Waals surface area contributed by atoms with Crippen LogP contribution in [0.5, 0.6) is 17.2 Å². The van der Waals surface area contributed by atoms with Crippen LogP contribution in [0.15, 0.2) is 59.6 Å². The van der Waals surface area contributed by atoms with Crippen LogP contribution in [-0.2, 0) is 9.73 Å². The molecule has 0 amide bonds. The minimum Gasteiger partial charge on any atom is -0.497 e. The highest BCUT2D eigenvalue weighted by Crippen LogP contribution is 2.31. The molecule has 0 aliphatic rings. The third-order valence-corrected chi connectivity index (χ3v) is 4.55. The number of aromatic nitrogens is 1. The molecular weight excluding hydrogens is 312 g/mol. The molecule has 0 saturated carbocycles. The van der Waals surface area contributed by atoms with Crippen molar-refractivity contribution in [3.05, 3.63) is 54.7 Å². The van der Waals surface area contributed by atoms with E-state index in [-0.39, 0.29) is 0 Å². The van der Waals surface area contributed by atoms with Crippen LogP contribution in [0.1, 0.15) is 0 Å². The number of rotatable bonds is 4. The van der Waals surface area contributed by atoms with Gasteiger partial charge in [-0.1, -0.05) is 6.07 Å². The second-order valence-corrected chi connectivity index (χ2v) is 7.27. The minimum absolute atomic E-state index is 0.440. The third-order valence-electron chi connectivity index (χ3n) is 3.39. The minimum atomic E-state index is -2.78. The first kappa shape index (κ1) is 15.3. The topological polar surface area (TPSA) is 72.3 Å². The molecule has 0 aliphatic carbocycles. The van der Waals surface area contributed by atoms with E-state index in [4.69, 9.17) is 14.3 Å². The number of hydrogen-bond acceptors (Lipinski definition) is 5. The maximum absolute atomic E-state index is 11.9. The Balaban J connectivity index is 2.02. The first-order valence-electron chi connectivity index (χ1n) is 6.92. The monoisotopic (exact) mass is 328 g/mol. The fraction of sp³-hybridized carbons (Fsp3) is 0.118. The van der Waals surface area contributed by atoms with Gasteiger partial charge in [-0.3, -0.25) is 4.98 Å². The van der Waals surface area contributed by atoms with Gasteiger partial charge >= 0.3 is 0 Å². The Morgan fingerprint density at radius 2 is 1.91 bits per heavy atom. The lowest BCUT2D eigenvalue weighted by molar-refractivity contribution is 0.415. The molecule has 1 N–H and O–H groups in total. The van der Waals surface area contributed by atoms with Gasteiger partial charge < -0.3 is 9.47 Å². The highest BCUT2D eigenvalue weighted by atomic mass is 32.2. The van der Waals surface area contributed by atoms with Gasteiger partial charge in [0.25, 0.3) is 0 Å². The average Bonchev–Trinajstić information content (AvgIpc) is 2.54. The molecule has 0 spiro atoms. The van der Waals surface area contributed by atoms with Crippen molar-refractivity contribution in [3.8, 4) is 17.2 Å². The summed E-state index contributed by atoms with van der Waals surface area (Å²) >= 11 is 0. The number of benzene rings is 2. The fourth-order valence-corrected chi connectivity index (χ4v) is 2.90. The summed E-state index contributed by atoms with van der Waals surface area (Å²) in [6.45, 7) is 0. The molecule has 1 aromatic heterocycles. The summed E-state index contributed by atoms with van der Waals surface area (Å²) in [6.07, 6.45) is 3.05. The SMILES string of the molecule is COc1ccc2c(Oc3cccc(S(C)(=N)=O)c3)ccnc2c1. The van der Waals surface area contributed by atoms with Gasteiger partial charge in [0.1, 0.15) is 17.2 Å². The van der Waals surface area contributed by atoms with Crippen molar-refractivity contribution in [1.29, 1.82) is 4.78 Å². The Morgan fingerprint density at radius 1 is 1.09 bits per heavy atom. The molecule has 1 unspecified atom stereocenters. The Kier molecular flexibility index (Phi) is 3.92. The predicted molar refractivity (Wildman–Crippen MR) is 89.9 cm³/mol. The molecule has 3 aromatic rings. The van der Waals surface area contributed by atoms with Crippen LogP contribution < -0.4 is 9.47 Å². The van der Waals surface area contributed by atoms with E-state index in [1.807, 2.05) is 18.2 Å². The number of fused-ring (bicyclic) bond motifs is 1. The van der Waals surface area contributed by atoms with Gasteiger partial charge in [0, 0.05) is 23.9 Å². The number of nitrogens with zero attached hydrogens (tertiary/aromatic N) is 1. The second-order valence-electron chi connectivity index (χ2n) is 5.11. The van der Waals surface area contributed by atoms with E-state index in [9.17, 15) is 4.21 Å². The zero-order valence-electron chi connectivity index (χ0n) is 12.8. The van der Waals surface area contributed by atoms with Crippen molar-refractivity contribution >= 4 is 20.6 Å². The lowest BCUT2D eigenvalue weighted by Crippen LogP contribution is -1.95. The van der Waals surface area contributed by atoms with Crippen LogP contribution in [-0.4, -0.2) is 22.6 Å². The highest BCUT2D eigenvalue weighted by Gasteiger charge is 2.08. The largest absolute Gasteiger partial charge is 0.497 e. The standard InChI is InChI=1S/C17H16N2O3S/c1-21-12-6-7-15-16(11-12)19-9-8-17(15)22-13-4-3-5-14(10-13)23(2,18)20/h3-11,18H,1-2H3. The van der Waals surface area contributed by atoms with E-state index in [2.05, 4.69) is 4.98 Å². The van der Waals surface area contributed by atoms with Gasteiger partial charge in [0.15, 0.2) is 0 Å². The number of hydrogen-bond donors (Lipinski definition) is 1. The number of pyridine rings is 1. The van der Waals surface area contributed by atoms with Gasteiger partial charge in [-0.05, 0) is 36.4 Å². The van der Waals surface area contributed by atoms with Crippen molar-refractivity contribution in [2.24, 2.45) is 0 Å². The molecule has 0 saturated heterocycles. The van der Waals surface area contributed by atoms with E-state index >= 15 is 0 Å². The summed E-state index contributed by atoms with van der Waals surface area (Å²) in [7, 11) is -1.17. The molecule has 0 radical (unpaired) electrons. The van der Waals surface area contributed by atoms with E-state index in [1.54, 1.807) is 43.6 Å². The quantitative estimate of drug-likeness (QED) is 0.783. The van der Waals surface area contributed by atoms with Crippen molar-refractivity contribution in [1.82, 2.24) is 4.98 Å². The van der Waals surface area contributed by atoms with Gasteiger partial charge in [-0.15, -0.1) is 0 Å². The van der Waals surface area contributed by atoms with Crippen molar-refractivity contribution < 1.29 is 13.7 Å². The van der Waals surface area contributed by atoms with Crippen molar-refractivity contribution in [3.63, 3.8) is 0 Å². The highest BCUT2D eigenvalue weighted by molar-refractivity contribution is 7.91. The summed E-state index contributed by atoms with van der Waals surface area (Å²) < 4.78 is 30.6. The average molecular weight is 328 g/mol. The summed E-state index contributed by atoms with van der Waals surface area (Å²) in [5.74, 6) is 1.90. The predicted octanol–water partition coefficient (Wildman–Crippen LogP) is 4.07. The Bertz CT molecular complexity index is 968. The first-order chi connectivity index (χ1) is 11.0. The molecule has 118 valence electrons. The van der Waals surface area contributed by atoms with Gasteiger partial charge in [-0.25, -0.2) is 8.99 Å². The molecule has 0 bridgehead atoms. The normalized spacial score (nSPS) is 13.5. The van der Waals surface area contributed by atoms with Gasteiger partial charge in [0.2, 0.25) is 0 Å². The van der Waals surface area contributed by atoms with Gasteiger partial charge in [0.05, 0.1) is 27.3 Å². The molecule has 5 nitrogen and oxygen atoms in total. The van der Waals surface area contributed by atoms with Crippen LogP contribution in [0.25, 0.3) is 10.9 Å². The second kappa shape index (κ2) is 5.89. The smallest absolute Gasteiger partial charge is 0.138 e. The van der Waals surface area contributed by atoms with Crippen LogP contribution in [0.2, 0.25) is 0 Å². The van der Waals surface area contributed by atoms with E-state index in [0.29, 0.717) is 16.4 Å². The van der Waals surface area contributed by atoms with E-state index < -0.39 is 9.73 Å². The zero-order valence-corrected chi connectivity index (χ0v) is 13.6. The van der Waals surface area contributed by atoms with Crippen LogP contribution in [0.4, 0.5) is 0 Å². The van der Waals surface area contributed by atoms with Crippen molar-refractivity contribution in [2.75, 3.05) is 13.4 Å². The number of methoxy groups -OCH3 is 1. The molecule has 0 aliphatic heterocycles. The maximum Gasteiger partial charge on any atom is 0.138 e. The van der Waals surface area contributed by atoms with Crippen LogP contribution in [0, 0.1) is 4.78 Å². The van der Waals surface area contributed by atoms with E-state index in [1.165, 1.54) is 6.26 Å². The molecule has 1 atom stereocenters. The molecule has 1 heterocycles. The molecule has 3 rings (SSSR count). The number of nitrogens with one attached hydrogen (secondary N) is 1. The van der Waals surface area contributed by atoms with Crippen LogP contribution in [0.3, 0.4) is 0 Å².